The van der Waals surface area contributed by atoms with Crippen LogP contribution in [0.5, 0.6) is 0 Å². The summed E-state index contributed by atoms with van der Waals surface area (Å²) in [5.74, 6) is 0.355. The number of hydrogen-bond donors (Lipinski definition) is 2. The van der Waals surface area contributed by atoms with Crippen LogP contribution in [0.15, 0.2) is 158 Å². The predicted molar refractivity (Wildman–Crippen MR) is 326 cm³/mol. The van der Waals surface area contributed by atoms with E-state index < -0.39 is 11.7 Å². The Balaban J connectivity index is 0.000000148. The molecule has 1 saturated heterocycles. The van der Waals surface area contributed by atoms with Crippen LogP contribution in [0, 0.1) is 61.7 Å². The second-order valence-corrected chi connectivity index (χ2v) is 21.4. The van der Waals surface area contributed by atoms with Gasteiger partial charge in [0.15, 0.2) is 0 Å². The molecule has 12 rings (SSSR count). The molecule has 0 radical (unpaired) electrons. The van der Waals surface area contributed by atoms with Gasteiger partial charge in [-0.15, -0.1) is 0 Å². The minimum atomic E-state index is -4.40. The van der Waals surface area contributed by atoms with Gasteiger partial charge < -0.3 is 20.4 Å². The fraction of sp³-hybridized carbons (Fsp3) is 0.177. The molecule has 11 aromatic rings. The summed E-state index contributed by atoms with van der Waals surface area (Å²) in [6.45, 7) is 16.1. The molecule has 3 N–H and O–H groups in total. The molecule has 0 atom stereocenters. The van der Waals surface area contributed by atoms with Crippen LogP contribution in [0.25, 0.3) is 39.1 Å². The molecule has 9 aromatic heterocycles. The quantitative estimate of drug-likeness (QED) is 0.0932. The average molecular weight is 1200 g/mol. The maximum Gasteiger partial charge on any atom is 0.499 e. The van der Waals surface area contributed by atoms with Gasteiger partial charge in [0.2, 0.25) is 0 Å². The minimum absolute atomic E-state index is 0.240. The summed E-state index contributed by atoms with van der Waals surface area (Å²) in [6, 6.07) is 45.4. The van der Waals surface area contributed by atoms with Crippen molar-refractivity contribution in [2.45, 2.75) is 72.8 Å². The second-order valence-electron chi connectivity index (χ2n) is 20.2. The van der Waals surface area contributed by atoms with Crippen LogP contribution in [0.1, 0.15) is 72.6 Å². The zero-order chi connectivity index (χ0) is 61.4. The van der Waals surface area contributed by atoms with E-state index in [1.54, 1.807) is 33.3 Å². The van der Waals surface area contributed by atoms with E-state index in [4.69, 9.17) is 60.4 Å². The number of alkyl halides is 3. The molecule has 0 amide bonds. The van der Waals surface area contributed by atoms with Gasteiger partial charge in [-0.25, -0.2) is 28.5 Å². The van der Waals surface area contributed by atoms with Crippen LogP contribution in [-0.2, 0) is 15.5 Å². The van der Waals surface area contributed by atoms with E-state index in [9.17, 15) is 18.4 Å². The lowest BCUT2D eigenvalue weighted by atomic mass is 9.78. The molecule has 0 unspecified atom stereocenters. The van der Waals surface area contributed by atoms with Crippen molar-refractivity contribution >= 4 is 81.1 Å². The number of nitriles is 3. The number of hydrogen-bond acceptors (Lipinski definition) is 13. The van der Waals surface area contributed by atoms with Crippen LogP contribution in [-0.4, -0.2) is 62.1 Å². The number of rotatable bonds is 5. The number of halogens is 6. The highest BCUT2D eigenvalue weighted by atomic mass is 35.5. The molecule has 16 nitrogen and oxygen atoms in total. The van der Waals surface area contributed by atoms with E-state index in [-0.39, 0.29) is 28.6 Å². The normalized spacial score (nSPS) is 12.9. The molecule has 1 aliphatic rings. The maximum atomic E-state index is 12.7. The van der Waals surface area contributed by atoms with Gasteiger partial charge in [-0.3, -0.25) is 0 Å². The van der Waals surface area contributed by atoms with Crippen molar-refractivity contribution in [1.82, 2.24) is 43.8 Å². The topological polar surface area (TPSA) is 218 Å². The van der Waals surface area contributed by atoms with Crippen molar-refractivity contribution < 1.29 is 22.5 Å². The third kappa shape index (κ3) is 14.9. The van der Waals surface area contributed by atoms with Gasteiger partial charge in [-0.1, -0.05) is 70.7 Å². The molecule has 10 heterocycles. The van der Waals surface area contributed by atoms with Crippen LogP contribution >= 0.6 is 34.8 Å². The number of aromatic nitrogens is 9. The molecule has 1 aliphatic heterocycles. The monoisotopic (exact) mass is 1200 g/mol. The van der Waals surface area contributed by atoms with Crippen molar-refractivity contribution in [2.24, 2.45) is 0 Å². The number of benzene rings is 2. The van der Waals surface area contributed by atoms with Gasteiger partial charge in [-0.05, 0) is 165 Å². The Morgan fingerprint density at radius 1 is 0.541 bits per heavy atom. The molecule has 428 valence electrons. The number of nitrogens with one attached hydrogen (secondary N) is 1. The molecule has 1 fully saturated rings. The third-order valence-corrected chi connectivity index (χ3v) is 14.1. The van der Waals surface area contributed by atoms with E-state index in [0.717, 1.165) is 68.0 Å². The summed E-state index contributed by atoms with van der Waals surface area (Å²) < 4.78 is 55.9. The minimum Gasteiger partial charge on any atom is -0.399 e. The number of anilines is 3. The molecular formula is C62H53BCl3F3N14O2. The summed E-state index contributed by atoms with van der Waals surface area (Å²) in [7, 11) is -0.357. The van der Waals surface area contributed by atoms with Crippen molar-refractivity contribution in [3.63, 3.8) is 0 Å². The Labute approximate surface area is 503 Å². The molecule has 0 spiro atoms. The Bertz CT molecular complexity index is 4280. The number of fused-ring (bicyclic) bond motifs is 3. The number of aryl methyl sites for hydroxylation is 4. The van der Waals surface area contributed by atoms with Gasteiger partial charge >= 0.3 is 13.3 Å². The number of nitrogens with zero attached hydrogens (tertiary/aromatic N) is 12. The second kappa shape index (κ2) is 26.1. The van der Waals surface area contributed by atoms with Crippen LogP contribution < -0.4 is 16.5 Å². The molecule has 0 aliphatic carbocycles. The zero-order valence-electron chi connectivity index (χ0n) is 47.1. The molecule has 0 saturated carbocycles. The SMILES string of the molecule is Cc1ccc(N)cc1.Cc1nn2ccccc2c1-c1cc(C#N)cc(Cl)n1.Cc1nn2ccccc2c1-c1cc(C#N)cc(Nc2ccc(C(F)(F)F)cc2)n1.Cc1nn2ccccc2c1B1OC(C)(C)C(C)(C)O1.N#Cc1cc(Cl)nc(Cl)c1. The highest BCUT2D eigenvalue weighted by Gasteiger charge is 2.53. The first kappa shape index (κ1) is 61.7. The van der Waals surface area contributed by atoms with Gasteiger partial charge in [-0.2, -0.15) is 44.3 Å². The van der Waals surface area contributed by atoms with Gasteiger partial charge in [0.1, 0.15) is 21.3 Å². The van der Waals surface area contributed by atoms with E-state index in [1.165, 1.54) is 29.8 Å². The van der Waals surface area contributed by atoms with E-state index in [1.807, 2.05) is 136 Å². The summed E-state index contributed by atoms with van der Waals surface area (Å²) in [5, 5.41) is 44.0. The third-order valence-electron chi connectivity index (χ3n) is 13.5. The highest BCUT2D eigenvalue weighted by molar-refractivity contribution is 6.65. The van der Waals surface area contributed by atoms with Crippen LogP contribution in [0.2, 0.25) is 15.5 Å². The summed E-state index contributed by atoms with van der Waals surface area (Å²) in [6.07, 6.45) is 1.24. The van der Waals surface area contributed by atoms with Crippen molar-refractivity contribution in [3.8, 4) is 40.7 Å². The maximum absolute atomic E-state index is 12.7. The number of nitrogens with two attached hydrogens (primary N) is 1. The van der Waals surface area contributed by atoms with E-state index in [0.29, 0.717) is 44.7 Å². The summed E-state index contributed by atoms with van der Waals surface area (Å²) in [4.78, 5) is 12.5. The van der Waals surface area contributed by atoms with Crippen molar-refractivity contribution in [3.05, 3.63) is 218 Å². The Kier molecular flexibility index (Phi) is 18.9. The Morgan fingerprint density at radius 2 is 0.965 bits per heavy atom. The number of pyridine rings is 6. The van der Waals surface area contributed by atoms with E-state index >= 15 is 0 Å². The molecule has 23 heteroatoms. The molecule has 0 bridgehead atoms. The first-order valence-corrected chi connectivity index (χ1v) is 27.2. The Morgan fingerprint density at radius 3 is 1.44 bits per heavy atom. The van der Waals surface area contributed by atoms with Crippen molar-refractivity contribution in [2.75, 3.05) is 11.1 Å². The van der Waals surface area contributed by atoms with Gasteiger partial charge in [0.05, 0.1) is 96.7 Å². The molecule has 2 aromatic carbocycles. The first-order valence-electron chi connectivity index (χ1n) is 26.0. The van der Waals surface area contributed by atoms with Crippen LogP contribution in [0.4, 0.5) is 30.4 Å². The summed E-state index contributed by atoms with van der Waals surface area (Å²) in [5.41, 5.74) is 17.2. The first-order chi connectivity index (χ1) is 40.4. The Hall–Kier alpha value is -9.33. The highest BCUT2D eigenvalue weighted by Crippen LogP contribution is 2.38. The van der Waals surface area contributed by atoms with Gasteiger partial charge in [0.25, 0.3) is 0 Å². The largest absolute Gasteiger partial charge is 0.499 e. The lowest BCUT2D eigenvalue weighted by Crippen LogP contribution is -2.41. The van der Waals surface area contributed by atoms with E-state index in [2.05, 4.69) is 75.4 Å². The predicted octanol–water partition coefficient (Wildman–Crippen LogP) is 14.3. The lowest BCUT2D eigenvalue weighted by molar-refractivity contribution is -0.137. The van der Waals surface area contributed by atoms with Crippen LogP contribution in [0.3, 0.4) is 0 Å². The standard InChI is InChI=1S/C21H14F3N5.C14H19BN2O2.C14H9ClN4.C7H9N.C6H2Cl2N2/c1-13-20(18-4-2-3-9-29(18)28-13)17-10-14(12-25)11-19(27-17)26-16-7-5-15(6-8-16)21(22,23)24;1-10-12(11-8-6-7-9-17(11)16-10)15-18-13(2,3)14(4,5)19-15;1-9-14(12-4-2-3-5-19(12)18-9)11-6-10(8-16)7-13(15)17-11;1-6-2-4-7(8)5-3-6;7-5-1-4(3-9)2-6(8)10-5/h2-11H,1H3,(H,26,27);6-9H,1-5H3;2-7H,1H3;2-5H,8H2,1H3;1-2H. The smallest absolute Gasteiger partial charge is 0.399 e. The van der Waals surface area contributed by atoms with Gasteiger partial charge in [0, 0.05) is 46.6 Å². The zero-order valence-corrected chi connectivity index (χ0v) is 49.4. The fourth-order valence-electron chi connectivity index (χ4n) is 8.72. The average Bonchev–Trinajstić information content (AvgIpc) is 1.82. The molecular weight excluding hydrogens is 1150 g/mol. The summed E-state index contributed by atoms with van der Waals surface area (Å²) >= 11 is 16.9. The fourth-order valence-corrected chi connectivity index (χ4v) is 9.39. The van der Waals surface area contributed by atoms with Crippen molar-refractivity contribution in [1.29, 1.82) is 15.8 Å². The number of nitrogen functional groups attached to an aromatic ring is 1. The lowest BCUT2D eigenvalue weighted by Gasteiger charge is -2.32. The molecule has 85 heavy (non-hydrogen) atoms.